The number of anilines is 1. The Hall–Kier alpha value is -4.37. The molecule has 0 saturated heterocycles. The van der Waals surface area contributed by atoms with Crippen molar-refractivity contribution in [3.05, 3.63) is 76.2 Å². The average molecular weight is 672 g/mol. The van der Waals surface area contributed by atoms with Crippen LogP contribution in [-0.4, -0.2) is 56.2 Å². The van der Waals surface area contributed by atoms with E-state index in [-0.39, 0.29) is 41.6 Å². The van der Waals surface area contributed by atoms with Crippen LogP contribution in [0.15, 0.2) is 53.6 Å². The lowest BCUT2D eigenvalue weighted by atomic mass is 10.1. The fourth-order valence-electron chi connectivity index (χ4n) is 4.29. The van der Waals surface area contributed by atoms with E-state index in [4.69, 9.17) is 26.2 Å². The molecule has 1 aliphatic heterocycles. The molecule has 0 radical (unpaired) electrons. The summed E-state index contributed by atoms with van der Waals surface area (Å²) in [5.74, 6) is -2.96. The summed E-state index contributed by atoms with van der Waals surface area (Å²) in [6, 6.07) is 8.86. The topological polar surface area (TPSA) is 135 Å². The lowest BCUT2D eigenvalue weighted by Gasteiger charge is -2.36. The molecule has 0 aliphatic carbocycles. The molecule has 1 aliphatic rings. The number of hydrogen-bond donors (Lipinski definition) is 2. The van der Waals surface area contributed by atoms with Gasteiger partial charge in [-0.1, -0.05) is 29.8 Å². The zero-order chi connectivity index (χ0) is 32.9. The lowest BCUT2D eigenvalue weighted by Crippen LogP contribution is -2.48. The summed E-state index contributed by atoms with van der Waals surface area (Å²) < 4.78 is 95.4. The third-order valence-electron chi connectivity index (χ3n) is 6.44. The fraction of sp³-hybridized carbons (Fsp3) is 0.276. The number of carboxylic acid groups (broad SMARTS) is 1. The molecule has 3 aromatic rings. The van der Waals surface area contributed by atoms with Crippen LogP contribution in [0, 0.1) is 5.82 Å². The van der Waals surface area contributed by atoms with Crippen molar-refractivity contribution in [2.75, 3.05) is 24.0 Å². The van der Waals surface area contributed by atoms with E-state index in [1.165, 1.54) is 55.5 Å². The number of sulfonamides is 1. The Bertz CT molecular complexity index is 1710. The van der Waals surface area contributed by atoms with Gasteiger partial charge in [0.25, 0.3) is 10.0 Å². The molecule has 240 valence electrons. The van der Waals surface area contributed by atoms with Gasteiger partial charge in [0.15, 0.2) is 4.90 Å². The van der Waals surface area contributed by atoms with E-state index in [1.54, 1.807) is 0 Å². The largest absolute Gasteiger partial charge is 0.484 e. The highest BCUT2D eigenvalue weighted by molar-refractivity contribution is 7.93. The molecule has 0 spiro atoms. The van der Waals surface area contributed by atoms with Gasteiger partial charge in [-0.15, -0.1) is 0 Å². The first-order valence-corrected chi connectivity index (χ1v) is 15.2. The summed E-state index contributed by atoms with van der Waals surface area (Å²) in [6.07, 6.45) is -3.42. The Balaban J connectivity index is 1.77. The first-order chi connectivity index (χ1) is 21.2. The van der Waals surface area contributed by atoms with Crippen molar-refractivity contribution in [1.29, 1.82) is 0 Å². The van der Waals surface area contributed by atoms with Crippen molar-refractivity contribution < 1.29 is 50.1 Å². The van der Waals surface area contributed by atoms with Gasteiger partial charge in [0.2, 0.25) is 11.8 Å². The summed E-state index contributed by atoms with van der Waals surface area (Å²) in [5, 5.41) is 11.4. The number of rotatable bonds is 11. The van der Waals surface area contributed by atoms with Crippen molar-refractivity contribution in [2.24, 2.45) is 0 Å². The van der Waals surface area contributed by atoms with E-state index in [0.717, 1.165) is 4.31 Å². The van der Waals surface area contributed by atoms with Crippen LogP contribution in [0.4, 0.5) is 23.2 Å². The van der Waals surface area contributed by atoms with E-state index < -0.39 is 69.3 Å². The van der Waals surface area contributed by atoms with Crippen molar-refractivity contribution in [3.63, 3.8) is 0 Å². The number of ether oxygens (including phenoxy) is 2. The fourth-order valence-corrected chi connectivity index (χ4v) is 6.12. The van der Waals surface area contributed by atoms with E-state index >= 15 is 0 Å². The number of aromatic nitrogens is 1. The molecule has 10 nitrogen and oxygen atoms in total. The maximum absolute atomic E-state index is 14.3. The number of carbonyl (C=O) groups excluding carboxylic acids is 1. The molecule has 4 rings (SSSR count). The highest BCUT2D eigenvalue weighted by Gasteiger charge is 2.39. The van der Waals surface area contributed by atoms with E-state index in [9.17, 15) is 35.6 Å². The third kappa shape index (κ3) is 8.02. The summed E-state index contributed by atoms with van der Waals surface area (Å²) in [4.78, 5) is 25.7. The number of benzene rings is 2. The molecule has 0 bridgehead atoms. The van der Waals surface area contributed by atoms with Gasteiger partial charge in [0.05, 0.1) is 42.4 Å². The number of carbonyl (C=O) groups is 2. The maximum atomic E-state index is 14.3. The number of hydrogen-bond acceptors (Lipinski definition) is 7. The number of carboxylic acids is 1. The quantitative estimate of drug-likeness (QED) is 0.204. The Labute approximate surface area is 260 Å². The highest BCUT2D eigenvalue weighted by Crippen LogP contribution is 2.41. The highest BCUT2D eigenvalue weighted by atomic mass is 35.5. The van der Waals surface area contributed by atoms with E-state index in [0.29, 0.717) is 17.8 Å². The smallest absolute Gasteiger partial charge is 0.417 e. The zero-order valence-corrected chi connectivity index (χ0v) is 25.0. The van der Waals surface area contributed by atoms with Gasteiger partial charge in [-0.2, -0.15) is 13.2 Å². The van der Waals surface area contributed by atoms with Crippen LogP contribution in [0.1, 0.15) is 36.5 Å². The number of nitrogens with zero attached hydrogens (tertiary/aromatic N) is 2. The van der Waals surface area contributed by atoms with Crippen LogP contribution >= 0.6 is 11.6 Å². The van der Waals surface area contributed by atoms with Gasteiger partial charge in [-0.05, 0) is 48.9 Å². The number of amides is 1. The minimum absolute atomic E-state index is 0.00794. The molecule has 0 unspecified atom stereocenters. The number of alkyl halides is 3. The van der Waals surface area contributed by atoms with Crippen molar-refractivity contribution >= 4 is 51.3 Å². The molecule has 1 amide bonds. The molecule has 0 saturated carbocycles. The second kappa shape index (κ2) is 13.7. The van der Waals surface area contributed by atoms with Gasteiger partial charge in [-0.25, -0.2) is 17.8 Å². The number of halogens is 5. The summed E-state index contributed by atoms with van der Waals surface area (Å²) in [5.41, 5.74) is -0.944. The second-order valence-corrected chi connectivity index (χ2v) is 11.9. The number of fused-ring (bicyclic) bond motifs is 1. The monoisotopic (exact) mass is 671 g/mol. The molecule has 0 fully saturated rings. The predicted molar refractivity (Wildman–Crippen MR) is 156 cm³/mol. The maximum Gasteiger partial charge on any atom is 0.417 e. The molecular weight excluding hydrogens is 646 g/mol. The zero-order valence-electron chi connectivity index (χ0n) is 23.5. The summed E-state index contributed by atoms with van der Waals surface area (Å²) >= 11 is 6.09. The minimum Gasteiger partial charge on any atom is -0.484 e. The van der Waals surface area contributed by atoms with Crippen LogP contribution in [0.5, 0.6) is 11.6 Å². The SMILES string of the molecule is CCOc1ncc(C(F)(F)F)cc1S(=O)(=O)N1C[C@H](CNC(=O)CCC(=O)O)Oc2ccc(/C=C/c3c(F)cccc3Cl)cc21. The predicted octanol–water partition coefficient (Wildman–Crippen LogP) is 5.40. The molecule has 45 heavy (non-hydrogen) atoms. The molecule has 2 heterocycles. The van der Waals surface area contributed by atoms with Gasteiger partial charge in [0.1, 0.15) is 17.7 Å². The van der Waals surface area contributed by atoms with Gasteiger partial charge in [0, 0.05) is 18.2 Å². The van der Waals surface area contributed by atoms with E-state index in [1.807, 2.05) is 0 Å². The van der Waals surface area contributed by atoms with Crippen molar-refractivity contribution in [3.8, 4) is 11.6 Å². The first-order valence-electron chi connectivity index (χ1n) is 13.3. The van der Waals surface area contributed by atoms with Crippen LogP contribution in [-0.2, 0) is 25.8 Å². The second-order valence-electron chi connectivity index (χ2n) is 9.63. The molecule has 1 atom stereocenters. The minimum atomic E-state index is -4.92. The van der Waals surface area contributed by atoms with Crippen LogP contribution in [0.2, 0.25) is 5.02 Å². The Morgan fingerprint density at radius 1 is 1.20 bits per heavy atom. The molecule has 2 N–H and O–H groups in total. The van der Waals surface area contributed by atoms with Crippen LogP contribution in [0.25, 0.3) is 12.2 Å². The Morgan fingerprint density at radius 3 is 2.62 bits per heavy atom. The van der Waals surface area contributed by atoms with Crippen LogP contribution in [0.3, 0.4) is 0 Å². The molecule has 1 aromatic heterocycles. The number of pyridine rings is 1. The van der Waals surface area contributed by atoms with Crippen molar-refractivity contribution in [2.45, 2.75) is 36.9 Å². The van der Waals surface area contributed by atoms with Crippen molar-refractivity contribution in [1.82, 2.24) is 10.3 Å². The molecular formula is C29H26ClF4N3O7S. The first kappa shape index (κ1) is 33.5. The lowest BCUT2D eigenvalue weighted by molar-refractivity contribution is -0.139. The number of nitrogens with one attached hydrogen (secondary N) is 1. The Morgan fingerprint density at radius 2 is 1.96 bits per heavy atom. The van der Waals surface area contributed by atoms with Gasteiger partial charge >= 0.3 is 12.1 Å². The third-order valence-corrected chi connectivity index (χ3v) is 8.55. The van der Waals surface area contributed by atoms with E-state index in [2.05, 4.69) is 10.3 Å². The van der Waals surface area contributed by atoms with Gasteiger partial charge < -0.3 is 19.9 Å². The normalized spacial score (nSPS) is 15.0. The Kier molecular flexibility index (Phi) is 10.2. The standard InChI is InChI=1S/C29H26ClF4N3O7S/c1-2-43-28-25(13-18(14-36-28)29(32,33)34)45(41,42)37-16-19(15-35-26(38)10-11-27(39)40)44-24-9-7-17(12-23(24)37)6-8-20-21(30)4-3-5-22(20)31/h3-9,12-14,19H,2,10-11,15-16H2,1H3,(H,35,38)(H,39,40)/b8-6+/t19-/m0/s1. The molecule has 16 heteroatoms. The number of aliphatic carboxylic acids is 1. The summed E-state index contributed by atoms with van der Waals surface area (Å²) in [6.45, 7) is 0.682. The van der Waals surface area contributed by atoms with Crippen LogP contribution < -0.4 is 19.1 Å². The van der Waals surface area contributed by atoms with Gasteiger partial charge in [-0.3, -0.25) is 13.9 Å². The molecule has 2 aromatic carbocycles. The average Bonchev–Trinajstić information content (AvgIpc) is 2.98. The summed E-state index contributed by atoms with van der Waals surface area (Å²) in [7, 11) is -4.83.